The quantitative estimate of drug-likeness (QED) is 0.733. The van der Waals surface area contributed by atoms with Gasteiger partial charge in [0.05, 0.1) is 11.0 Å². The number of thioether (sulfide) groups is 1. The van der Waals surface area contributed by atoms with Crippen LogP contribution in [-0.4, -0.2) is 29.8 Å². The maximum atomic E-state index is 11.4. The largest absolute Gasteiger partial charge is 0.287 e. The van der Waals surface area contributed by atoms with Crippen LogP contribution in [-0.2, 0) is 14.6 Å². The predicted molar refractivity (Wildman–Crippen MR) is 61.3 cm³/mol. The van der Waals surface area contributed by atoms with Crippen molar-refractivity contribution in [2.24, 2.45) is 0 Å². The molecule has 0 amide bonds. The van der Waals surface area contributed by atoms with Gasteiger partial charge in [-0.25, -0.2) is 8.42 Å². The second-order valence-electron chi connectivity index (χ2n) is 3.70. The molecule has 5 heteroatoms. The number of rotatable bonds is 5. The van der Waals surface area contributed by atoms with Crippen molar-refractivity contribution < 1.29 is 13.2 Å². The van der Waals surface area contributed by atoms with Gasteiger partial charge in [-0.05, 0) is 13.8 Å². The number of sulfone groups is 1. The Labute approximate surface area is 90.6 Å². The van der Waals surface area contributed by atoms with Gasteiger partial charge in [0, 0.05) is 11.7 Å². The molecule has 0 spiro atoms. The first-order valence-electron chi connectivity index (χ1n) is 4.66. The normalized spacial score (nSPS) is 12.4. The summed E-state index contributed by atoms with van der Waals surface area (Å²) in [5.41, 5.74) is 0. The fraction of sp³-hybridized carbons (Fsp3) is 0.889. The summed E-state index contributed by atoms with van der Waals surface area (Å²) >= 11 is 1.20. The standard InChI is InChI=1S/C9H18O3S2/c1-7(2)13-9(10)5-6-14(11,12)8(3)4/h7-8H,5-6H2,1-4H3. The lowest BCUT2D eigenvalue weighted by atomic mass is 10.5. The van der Waals surface area contributed by atoms with Crippen LogP contribution in [0.2, 0.25) is 0 Å². The summed E-state index contributed by atoms with van der Waals surface area (Å²) in [4.78, 5) is 11.2. The van der Waals surface area contributed by atoms with Gasteiger partial charge in [-0.2, -0.15) is 0 Å². The van der Waals surface area contributed by atoms with Gasteiger partial charge in [0.1, 0.15) is 0 Å². The highest BCUT2D eigenvalue weighted by atomic mass is 32.2. The highest BCUT2D eigenvalue weighted by molar-refractivity contribution is 8.14. The maximum Gasteiger partial charge on any atom is 0.190 e. The zero-order valence-electron chi connectivity index (χ0n) is 9.11. The van der Waals surface area contributed by atoms with E-state index < -0.39 is 9.84 Å². The van der Waals surface area contributed by atoms with E-state index in [4.69, 9.17) is 0 Å². The van der Waals surface area contributed by atoms with Gasteiger partial charge in [0.25, 0.3) is 0 Å². The minimum Gasteiger partial charge on any atom is -0.287 e. The van der Waals surface area contributed by atoms with Gasteiger partial charge >= 0.3 is 0 Å². The SMILES string of the molecule is CC(C)SC(=O)CCS(=O)(=O)C(C)C. The van der Waals surface area contributed by atoms with Crippen molar-refractivity contribution in [3.05, 3.63) is 0 Å². The lowest BCUT2D eigenvalue weighted by Gasteiger charge is -2.07. The highest BCUT2D eigenvalue weighted by Gasteiger charge is 2.18. The van der Waals surface area contributed by atoms with Crippen molar-refractivity contribution in [3.63, 3.8) is 0 Å². The van der Waals surface area contributed by atoms with E-state index in [2.05, 4.69) is 0 Å². The van der Waals surface area contributed by atoms with E-state index in [9.17, 15) is 13.2 Å². The van der Waals surface area contributed by atoms with E-state index in [0.717, 1.165) is 0 Å². The third kappa shape index (κ3) is 5.65. The summed E-state index contributed by atoms with van der Waals surface area (Å²) in [5.74, 6) is -0.0246. The smallest absolute Gasteiger partial charge is 0.190 e. The molecule has 0 bridgehead atoms. The highest BCUT2D eigenvalue weighted by Crippen LogP contribution is 2.14. The van der Waals surface area contributed by atoms with Crippen LogP contribution in [0, 0.1) is 0 Å². The summed E-state index contributed by atoms with van der Waals surface area (Å²) in [6.07, 6.45) is 0.128. The Hall–Kier alpha value is -0.0300. The second-order valence-corrected chi connectivity index (χ2v) is 8.01. The molecule has 0 unspecified atom stereocenters. The maximum absolute atomic E-state index is 11.4. The van der Waals surface area contributed by atoms with Crippen LogP contribution < -0.4 is 0 Å². The molecule has 0 fully saturated rings. The molecular formula is C9H18O3S2. The average molecular weight is 238 g/mol. The second kappa shape index (κ2) is 5.75. The van der Waals surface area contributed by atoms with Gasteiger partial charge in [-0.15, -0.1) is 0 Å². The molecule has 0 N–H and O–H groups in total. The fourth-order valence-corrected chi connectivity index (χ4v) is 2.60. The fourth-order valence-electron chi connectivity index (χ4n) is 0.783. The van der Waals surface area contributed by atoms with Gasteiger partial charge < -0.3 is 0 Å². The molecule has 0 aromatic rings. The van der Waals surface area contributed by atoms with E-state index >= 15 is 0 Å². The Balaban J connectivity index is 4.01. The molecule has 0 saturated carbocycles. The molecule has 14 heavy (non-hydrogen) atoms. The third-order valence-electron chi connectivity index (χ3n) is 1.68. The zero-order chi connectivity index (χ0) is 11.4. The number of carbonyl (C=O) groups is 1. The molecule has 0 aromatic heterocycles. The topological polar surface area (TPSA) is 51.2 Å². The monoisotopic (exact) mass is 238 g/mol. The predicted octanol–water partition coefficient (Wildman–Crippen LogP) is 1.87. The van der Waals surface area contributed by atoms with E-state index in [1.54, 1.807) is 13.8 Å². The molecule has 0 rings (SSSR count). The van der Waals surface area contributed by atoms with Crippen LogP contribution in [0.15, 0.2) is 0 Å². The number of hydrogen-bond acceptors (Lipinski definition) is 4. The molecule has 0 radical (unpaired) electrons. The Kier molecular flexibility index (Phi) is 5.74. The van der Waals surface area contributed by atoms with Crippen LogP contribution in [0.4, 0.5) is 0 Å². The van der Waals surface area contributed by atoms with Crippen molar-refractivity contribution in [2.75, 3.05) is 5.75 Å². The molecule has 0 aliphatic carbocycles. The van der Waals surface area contributed by atoms with E-state index in [-0.39, 0.29) is 27.8 Å². The van der Waals surface area contributed by atoms with Gasteiger partial charge in [-0.3, -0.25) is 4.79 Å². The minimum atomic E-state index is -3.06. The molecule has 84 valence electrons. The number of carbonyl (C=O) groups excluding carboxylic acids is 1. The molecule has 0 heterocycles. The minimum absolute atomic E-state index is 0.0246. The molecule has 0 aliphatic rings. The molecule has 0 atom stereocenters. The first-order valence-corrected chi connectivity index (χ1v) is 7.26. The van der Waals surface area contributed by atoms with Crippen LogP contribution in [0.25, 0.3) is 0 Å². The summed E-state index contributed by atoms with van der Waals surface area (Å²) in [5, 5.41) is -0.201. The van der Waals surface area contributed by atoms with Crippen molar-refractivity contribution in [2.45, 2.75) is 44.6 Å². The lowest BCUT2D eigenvalue weighted by molar-refractivity contribution is -0.110. The van der Waals surface area contributed by atoms with Crippen LogP contribution in [0.5, 0.6) is 0 Å². The molecule has 0 aliphatic heterocycles. The van der Waals surface area contributed by atoms with Crippen LogP contribution >= 0.6 is 11.8 Å². The number of hydrogen-bond donors (Lipinski definition) is 0. The van der Waals surface area contributed by atoms with E-state index in [1.165, 1.54) is 11.8 Å². The van der Waals surface area contributed by atoms with E-state index in [1.807, 2.05) is 13.8 Å². The molecule has 0 saturated heterocycles. The van der Waals surface area contributed by atoms with Crippen LogP contribution in [0.1, 0.15) is 34.1 Å². The summed E-state index contributed by atoms with van der Waals surface area (Å²) in [6, 6.07) is 0. The molecule has 3 nitrogen and oxygen atoms in total. The van der Waals surface area contributed by atoms with Gasteiger partial charge in [-0.1, -0.05) is 25.6 Å². The Morgan fingerprint density at radius 2 is 1.71 bits per heavy atom. The van der Waals surface area contributed by atoms with Crippen molar-refractivity contribution in [1.29, 1.82) is 0 Å². The van der Waals surface area contributed by atoms with Crippen LogP contribution in [0.3, 0.4) is 0 Å². The molecular weight excluding hydrogens is 220 g/mol. The Morgan fingerprint density at radius 3 is 2.07 bits per heavy atom. The first-order chi connectivity index (χ1) is 6.25. The summed E-state index contributed by atoms with van der Waals surface area (Å²) < 4.78 is 22.7. The average Bonchev–Trinajstić information content (AvgIpc) is 1.99. The Morgan fingerprint density at radius 1 is 1.21 bits per heavy atom. The molecule has 0 aromatic carbocycles. The van der Waals surface area contributed by atoms with E-state index in [0.29, 0.717) is 0 Å². The third-order valence-corrected chi connectivity index (χ3v) is 4.82. The van der Waals surface area contributed by atoms with Crippen molar-refractivity contribution in [3.8, 4) is 0 Å². The lowest BCUT2D eigenvalue weighted by Crippen LogP contribution is -2.19. The summed E-state index contributed by atoms with van der Waals surface area (Å²) in [6.45, 7) is 7.10. The van der Waals surface area contributed by atoms with Gasteiger partial charge in [0.2, 0.25) is 0 Å². The zero-order valence-corrected chi connectivity index (χ0v) is 10.7. The van der Waals surface area contributed by atoms with Gasteiger partial charge in [0.15, 0.2) is 15.0 Å². The first kappa shape index (κ1) is 14.0. The van der Waals surface area contributed by atoms with Crippen molar-refractivity contribution in [1.82, 2.24) is 0 Å². The van der Waals surface area contributed by atoms with Crippen molar-refractivity contribution >= 4 is 26.7 Å². The summed E-state index contributed by atoms with van der Waals surface area (Å²) in [7, 11) is -3.06. The Bertz CT molecular complexity index is 278.